The number of aromatic nitrogens is 1. The summed E-state index contributed by atoms with van der Waals surface area (Å²) in [7, 11) is 0. The van der Waals surface area contributed by atoms with Crippen LogP contribution in [0.25, 0.3) is 0 Å². The van der Waals surface area contributed by atoms with Gasteiger partial charge in [-0.15, -0.1) is 0 Å². The zero-order valence-electron chi connectivity index (χ0n) is 12.2. The Morgan fingerprint density at radius 2 is 1.95 bits per heavy atom. The Morgan fingerprint density at radius 3 is 2.43 bits per heavy atom. The van der Waals surface area contributed by atoms with E-state index in [4.69, 9.17) is 0 Å². The van der Waals surface area contributed by atoms with Crippen LogP contribution in [0.4, 0.5) is 13.2 Å². The van der Waals surface area contributed by atoms with Gasteiger partial charge in [-0.3, -0.25) is 4.79 Å². The second kappa shape index (κ2) is 6.98. The first-order valence-corrected chi connectivity index (χ1v) is 6.88. The molecule has 4 nitrogen and oxygen atoms in total. The highest BCUT2D eigenvalue weighted by atomic mass is 19.4. The number of rotatable bonds is 7. The summed E-state index contributed by atoms with van der Waals surface area (Å²) >= 11 is 0. The first-order valence-electron chi connectivity index (χ1n) is 6.88. The van der Waals surface area contributed by atoms with E-state index in [9.17, 15) is 23.1 Å². The molecule has 0 aliphatic heterocycles. The predicted molar refractivity (Wildman–Crippen MR) is 72.9 cm³/mol. The van der Waals surface area contributed by atoms with E-state index in [1.54, 1.807) is 0 Å². The highest BCUT2D eigenvalue weighted by molar-refractivity contribution is 5.92. The van der Waals surface area contributed by atoms with Crippen LogP contribution >= 0.6 is 0 Å². The van der Waals surface area contributed by atoms with Crippen LogP contribution in [-0.4, -0.2) is 34.9 Å². The van der Waals surface area contributed by atoms with Crippen LogP contribution < -0.4 is 5.32 Å². The molecule has 2 N–H and O–H groups in total. The van der Waals surface area contributed by atoms with E-state index in [0.29, 0.717) is 12.8 Å². The molecule has 0 saturated carbocycles. The number of nitrogens with zero attached hydrogens (tertiary/aromatic N) is 1. The maximum absolute atomic E-state index is 12.4. The molecule has 0 unspecified atom stereocenters. The van der Waals surface area contributed by atoms with Gasteiger partial charge in [-0.25, -0.2) is 0 Å². The normalized spacial score (nSPS) is 12.5. The summed E-state index contributed by atoms with van der Waals surface area (Å²) in [5.41, 5.74) is -0.469. The zero-order chi connectivity index (χ0) is 16.1. The van der Waals surface area contributed by atoms with E-state index in [-0.39, 0.29) is 18.8 Å². The van der Waals surface area contributed by atoms with Gasteiger partial charge < -0.3 is 15.0 Å². The second-order valence-electron chi connectivity index (χ2n) is 5.18. The molecule has 1 aromatic heterocycles. The highest BCUT2D eigenvalue weighted by Crippen LogP contribution is 2.24. The maximum atomic E-state index is 12.4. The number of alkyl halides is 3. The molecule has 1 amide bonds. The first-order chi connectivity index (χ1) is 9.77. The molecule has 0 aromatic carbocycles. The number of aliphatic hydroxyl groups excluding tert-OH is 1. The number of carbonyl (C=O) groups excluding carboxylic acids is 1. The fourth-order valence-electron chi connectivity index (χ4n) is 2.09. The van der Waals surface area contributed by atoms with Gasteiger partial charge in [-0.05, 0) is 25.0 Å². The molecule has 0 atom stereocenters. The van der Waals surface area contributed by atoms with Gasteiger partial charge in [0.2, 0.25) is 0 Å². The van der Waals surface area contributed by atoms with Crippen molar-refractivity contribution in [1.29, 1.82) is 0 Å². The number of hydrogen-bond donors (Lipinski definition) is 2. The SMILES string of the molecule is CCC(CC)(CO)CNC(=O)c1cccn1CC(F)(F)F. The molecule has 0 saturated heterocycles. The molecule has 0 fully saturated rings. The molecule has 0 radical (unpaired) electrons. The largest absolute Gasteiger partial charge is 0.406 e. The summed E-state index contributed by atoms with van der Waals surface area (Å²) in [6.45, 7) is 2.75. The van der Waals surface area contributed by atoms with Crippen LogP contribution in [0.15, 0.2) is 18.3 Å². The molecule has 7 heteroatoms. The third-order valence-corrected chi connectivity index (χ3v) is 3.87. The molecule has 1 heterocycles. The van der Waals surface area contributed by atoms with Crippen LogP contribution in [0.2, 0.25) is 0 Å². The quantitative estimate of drug-likeness (QED) is 0.813. The molecule has 0 aliphatic carbocycles. The van der Waals surface area contributed by atoms with Gasteiger partial charge >= 0.3 is 6.18 Å². The Bertz CT molecular complexity index is 457. The smallest absolute Gasteiger partial charge is 0.396 e. The summed E-state index contributed by atoms with van der Waals surface area (Å²) in [4.78, 5) is 12.0. The van der Waals surface area contributed by atoms with Crippen LogP contribution in [-0.2, 0) is 6.54 Å². The van der Waals surface area contributed by atoms with Crippen LogP contribution in [0, 0.1) is 5.41 Å². The van der Waals surface area contributed by atoms with E-state index in [1.807, 2.05) is 13.8 Å². The topological polar surface area (TPSA) is 54.3 Å². The molecule has 120 valence electrons. The van der Waals surface area contributed by atoms with E-state index >= 15 is 0 Å². The molecule has 0 bridgehead atoms. The average Bonchev–Trinajstić information content (AvgIpc) is 2.86. The van der Waals surface area contributed by atoms with Crippen molar-refractivity contribution in [2.75, 3.05) is 13.2 Å². The van der Waals surface area contributed by atoms with Crippen molar-refractivity contribution < 1.29 is 23.1 Å². The monoisotopic (exact) mass is 306 g/mol. The van der Waals surface area contributed by atoms with Crippen molar-refractivity contribution in [2.24, 2.45) is 5.41 Å². The lowest BCUT2D eigenvalue weighted by Gasteiger charge is -2.29. The van der Waals surface area contributed by atoms with E-state index in [0.717, 1.165) is 4.57 Å². The van der Waals surface area contributed by atoms with Crippen LogP contribution in [0.5, 0.6) is 0 Å². The van der Waals surface area contributed by atoms with Crippen molar-refractivity contribution >= 4 is 5.91 Å². The molecule has 21 heavy (non-hydrogen) atoms. The van der Waals surface area contributed by atoms with Crippen LogP contribution in [0.1, 0.15) is 37.2 Å². The number of aliphatic hydroxyl groups is 1. The summed E-state index contributed by atoms with van der Waals surface area (Å²) in [6.07, 6.45) is -1.81. The third-order valence-electron chi connectivity index (χ3n) is 3.87. The average molecular weight is 306 g/mol. The van der Waals surface area contributed by atoms with Gasteiger partial charge in [0.1, 0.15) is 12.2 Å². The predicted octanol–water partition coefficient (Wildman–Crippen LogP) is 2.58. The first kappa shape index (κ1) is 17.6. The lowest BCUT2D eigenvalue weighted by molar-refractivity contribution is -0.140. The van der Waals surface area contributed by atoms with Crippen LogP contribution in [0.3, 0.4) is 0 Å². The number of nitrogens with one attached hydrogen (secondary N) is 1. The number of carbonyl (C=O) groups is 1. The number of halogens is 3. The van der Waals surface area contributed by atoms with Gasteiger partial charge in [0.25, 0.3) is 5.91 Å². The van der Waals surface area contributed by atoms with Crippen molar-refractivity contribution in [1.82, 2.24) is 9.88 Å². The highest BCUT2D eigenvalue weighted by Gasteiger charge is 2.30. The molecule has 1 aromatic rings. The standard InChI is InChI=1S/C14H21F3N2O2/c1-3-13(4-2,10-20)8-18-12(21)11-6-5-7-19(11)9-14(15,16)17/h5-7,20H,3-4,8-10H2,1-2H3,(H,18,21). The number of hydrogen-bond acceptors (Lipinski definition) is 2. The molecule has 1 rings (SSSR count). The fraction of sp³-hybridized carbons (Fsp3) is 0.643. The fourth-order valence-corrected chi connectivity index (χ4v) is 2.09. The van der Waals surface area contributed by atoms with E-state index < -0.39 is 24.0 Å². The van der Waals surface area contributed by atoms with Gasteiger partial charge in [-0.1, -0.05) is 13.8 Å². The Hall–Kier alpha value is -1.50. The third kappa shape index (κ3) is 4.77. The lowest BCUT2D eigenvalue weighted by Crippen LogP contribution is -2.40. The molecule has 0 aliphatic rings. The zero-order valence-corrected chi connectivity index (χ0v) is 12.2. The lowest BCUT2D eigenvalue weighted by atomic mass is 9.83. The second-order valence-corrected chi connectivity index (χ2v) is 5.18. The minimum Gasteiger partial charge on any atom is -0.396 e. The van der Waals surface area contributed by atoms with E-state index in [2.05, 4.69) is 5.32 Å². The molecular formula is C14H21F3N2O2. The van der Waals surface area contributed by atoms with Gasteiger partial charge in [0.15, 0.2) is 0 Å². The molecule has 0 spiro atoms. The summed E-state index contributed by atoms with van der Waals surface area (Å²) in [6, 6.07) is 2.75. The summed E-state index contributed by atoms with van der Waals surface area (Å²) < 4.78 is 38.1. The maximum Gasteiger partial charge on any atom is 0.406 e. The Morgan fingerprint density at radius 1 is 1.33 bits per heavy atom. The van der Waals surface area contributed by atoms with Gasteiger partial charge in [-0.2, -0.15) is 13.2 Å². The van der Waals surface area contributed by atoms with Crippen molar-refractivity contribution in [3.05, 3.63) is 24.0 Å². The summed E-state index contributed by atoms with van der Waals surface area (Å²) in [5, 5.41) is 12.0. The van der Waals surface area contributed by atoms with Crippen molar-refractivity contribution in [2.45, 2.75) is 39.4 Å². The van der Waals surface area contributed by atoms with E-state index in [1.165, 1.54) is 18.3 Å². The minimum atomic E-state index is -4.38. The van der Waals surface area contributed by atoms with Crippen molar-refractivity contribution in [3.8, 4) is 0 Å². The van der Waals surface area contributed by atoms with Crippen molar-refractivity contribution in [3.63, 3.8) is 0 Å². The van der Waals surface area contributed by atoms with Gasteiger partial charge in [0, 0.05) is 18.2 Å². The summed E-state index contributed by atoms with van der Waals surface area (Å²) in [5.74, 6) is -0.566. The Kier molecular flexibility index (Phi) is 5.83. The Balaban J connectivity index is 2.75. The molecular weight excluding hydrogens is 285 g/mol. The Labute approximate surface area is 122 Å². The minimum absolute atomic E-state index is 0.0358. The van der Waals surface area contributed by atoms with Gasteiger partial charge in [0.05, 0.1) is 6.61 Å². The number of amides is 1.